The zero-order chi connectivity index (χ0) is 19.4. The zero-order valence-corrected chi connectivity index (χ0v) is 16.9. The zero-order valence-electron chi connectivity index (χ0n) is 16.1. The van der Waals surface area contributed by atoms with E-state index in [-0.39, 0.29) is 12.3 Å². The summed E-state index contributed by atoms with van der Waals surface area (Å²) in [4.78, 5) is 12.7. The third kappa shape index (κ3) is 5.51. The van der Waals surface area contributed by atoms with Crippen molar-refractivity contribution in [2.24, 2.45) is 0 Å². The Hall–Kier alpha value is -1.98. The summed E-state index contributed by atoms with van der Waals surface area (Å²) in [5, 5.41) is 2.94. The Labute approximate surface area is 159 Å². The lowest BCUT2D eigenvalue weighted by Crippen LogP contribution is -2.48. The first-order valence-electron chi connectivity index (χ1n) is 8.72. The topological polar surface area (TPSA) is 58.2 Å². The van der Waals surface area contributed by atoms with Crippen LogP contribution in [0, 0.1) is 6.92 Å². The summed E-state index contributed by atoms with van der Waals surface area (Å²) in [6.45, 7) is 9.64. The fourth-order valence-corrected chi connectivity index (χ4v) is 3.52. The van der Waals surface area contributed by atoms with E-state index in [1.165, 1.54) is 0 Å². The van der Waals surface area contributed by atoms with Gasteiger partial charge in [0.05, 0.1) is 21.3 Å². The van der Waals surface area contributed by atoms with Crippen molar-refractivity contribution < 1.29 is 9.00 Å². The van der Waals surface area contributed by atoms with Crippen molar-refractivity contribution in [1.29, 1.82) is 0 Å². The summed E-state index contributed by atoms with van der Waals surface area (Å²) in [5.74, 6) is -0.125. The molecule has 2 aromatic carbocycles. The van der Waals surface area contributed by atoms with Gasteiger partial charge in [-0.2, -0.15) is 0 Å². The number of amides is 1. The third-order valence-corrected chi connectivity index (χ3v) is 5.85. The van der Waals surface area contributed by atoms with E-state index in [0.29, 0.717) is 0 Å². The van der Waals surface area contributed by atoms with Gasteiger partial charge in [-0.05, 0) is 57.9 Å². The number of hydrogen-bond donors (Lipinski definition) is 2. The lowest BCUT2D eigenvalue weighted by Gasteiger charge is -2.33. The summed E-state index contributed by atoms with van der Waals surface area (Å²) in [5.41, 5.74) is 2.03. The molecule has 0 saturated carbocycles. The number of carbonyl (C=O) groups excluding carboxylic acids is 1. The van der Waals surface area contributed by atoms with Gasteiger partial charge in [0.1, 0.15) is 0 Å². The first-order valence-corrected chi connectivity index (χ1v) is 9.87. The van der Waals surface area contributed by atoms with Gasteiger partial charge >= 0.3 is 0 Å². The van der Waals surface area contributed by atoms with Gasteiger partial charge in [-0.3, -0.25) is 4.79 Å². The maximum Gasteiger partial charge on any atom is 0.226 e. The van der Waals surface area contributed by atoms with E-state index in [9.17, 15) is 9.00 Å². The van der Waals surface area contributed by atoms with Crippen LogP contribution in [0.5, 0.6) is 0 Å². The van der Waals surface area contributed by atoms with E-state index in [1.54, 1.807) is 0 Å². The number of carbonyl (C=O) groups is 1. The number of rotatable bonds is 6. The van der Waals surface area contributed by atoms with Crippen LogP contribution in [0.2, 0.25) is 0 Å². The minimum Gasteiger partial charge on any atom is -0.326 e. The van der Waals surface area contributed by atoms with Crippen LogP contribution in [0.3, 0.4) is 0 Å². The van der Waals surface area contributed by atoms with E-state index >= 15 is 0 Å². The molecule has 0 fully saturated rings. The maximum atomic E-state index is 12.7. The minimum absolute atomic E-state index is 0.125. The number of nitrogens with one attached hydrogen (secondary N) is 2. The second-order valence-electron chi connectivity index (χ2n) is 7.78. The van der Waals surface area contributed by atoms with Gasteiger partial charge in [-0.1, -0.05) is 42.5 Å². The number of anilines is 1. The van der Waals surface area contributed by atoms with Gasteiger partial charge in [-0.15, -0.1) is 0 Å². The first kappa shape index (κ1) is 20.3. The molecule has 4 nitrogen and oxygen atoms in total. The molecule has 2 atom stereocenters. The van der Waals surface area contributed by atoms with Crippen LogP contribution in [0.1, 0.15) is 45.2 Å². The molecule has 2 aromatic rings. The van der Waals surface area contributed by atoms with Gasteiger partial charge in [-0.25, -0.2) is 8.93 Å². The van der Waals surface area contributed by atoms with Crippen molar-refractivity contribution in [3.63, 3.8) is 0 Å². The van der Waals surface area contributed by atoms with Gasteiger partial charge in [0.25, 0.3) is 0 Å². The van der Waals surface area contributed by atoms with Gasteiger partial charge in [0, 0.05) is 12.1 Å². The van der Waals surface area contributed by atoms with Gasteiger partial charge < -0.3 is 5.32 Å². The van der Waals surface area contributed by atoms with Gasteiger partial charge in [0.2, 0.25) is 5.91 Å². The molecule has 0 aromatic heterocycles. The fraction of sp³-hybridized carbons (Fsp3) is 0.381. The molecule has 0 aliphatic heterocycles. The highest BCUT2D eigenvalue weighted by molar-refractivity contribution is 7.84. The van der Waals surface area contributed by atoms with Gasteiger partial charge in [0.15, 0.2) is 0 Å². The molecule has 5 heteroatoms. The number of hydrogen-bond acceptors (Lipinski definition) is 2. The van der Waals surface area contributed by atoms with E-state index in [4.69, 9.17) is 0 Å². The second-order valence-corrected chi connectivity index (χ2v) is 9.74. The Morgan fingerprint density at radius 2 is 1.65 bits per heavy atom. The minimum atomic E-state index is -1.30. The lowest BCUT2D eigenvalue weighted by molar-refractivity contribution is -0.117. The van der Waals surface area contributed by atoms with Crippen LogP contribution in [0.4, 0.5) is 5.69 Å². The first-order chi connectivity index (χ1) is 12.1. The largest absolute Gasteiger partial charge is 0.326 e. The SMILES string of the molecule is Cc1cccc(NC(=O)C[C@@](C)(N[S@](=O)C(C)(C)C)c2ccccc2)c1. The van der Waals surface area contributed by atoms with Crippen LogP contribution >= 0.6 is 0 Å². The highest BCUT2D eigenvalue weighted by Crippen LogP contribution is 2.28. The lowest BCUT2D eigenvalue weighted by atomic mass is 9.89. The molecule has 1 amide bonds. The molecule has 0 saturated heterocycles. The molecule has 0 bridgehead atoms. The Morgan fingerprint density at radius 1 is 1.00 bits per heavy atom. The van der Waals surface area contributed by atoms with E-state index in [0.717, 1.165) is 16.8 Å². The summed E-state index contributed by atoms with van der Waals surface area (Å²) >= 11 is 0. The van der Waals surface area contributed by atoms with Crippen LogP contribution in [0.25, 0.3) is 0 Å². The van der Waals surface area contributed by atoms with Crippen molar-refractivity contribution in [2.45, 2.75) is 51.3 Å². The molecule has 2 N–H and O–H groups in total. The average Bonchev–Trinajstić information content (AvgIpc) is 2.54. The van der Waals surface area contributed by atoms with E-state index < -0.39 is 21.3 Å². The standard InChI is InChI=1S/C21H28N2O2S/c1-16-10-9-13-18(14-16)22-19(24)15-21(5,17-11-7-6-8-12-17)23-26(25)20(2,3)4/h6-14,23H,15H2,1-5H3,(H,22,24)/t21-,26-/m1/s1. The molecule has 2 rings (SSSR count). The molecular weight excluding hydrogens is 344 g/mol. The fourth-order valence-electron chi connectivity index (χ4n) is 2.61. The van der Waals surface area contributed by atoms with Crippen LogP contribution in [0.15, 0.2) is 54.6 Å². The predicted molar refractivity (Wildman–Crippen MR) is 109 cm³/mol. The molecule has 0 aliphatic rings. The number of aryl methyl sites for hydroxylation is 1. The Balaban J connectivity index is 2.23. The van der Waals surface area contributed by atoms with Crippen LogP contribution in [-0.2, 0) is 21.3 Å². The molecule has 0 heterocycles. The monoisotopic (exact) mass is 372 g/mol. The maximum absolute atomic E-state index is 12.7. The van der Waals surface area contributed by atoms with Crippen molar-refractivity contribution >= 4 is 22.6 Å². The molecular formula is C21H28N2O2S. The van der Waals surface area contributed by atoms with Crippen LogP contribution < -0.4 is 10.0 Å². The quantitative estimate of drug-likeness (QED) is 0.795. The second kappa shape index (κ2) is 8.14. The smallest absolute Gasteiger partial charge is 0.226 e. The van der Waals surface area contributed by atoms with Crippen molar-refractivity contribution in [2.75, 3.05) is 5.32 Å². The molecule has 26 heavy (non-hydrogen) atoms. The molecule has 0 spiro atoms. The summed E-state index contributed by atoms with van der Waals surface area (Å²) < 4.78 is 15.5. The van der Waals surface area contributed by atoms with E-state index in [1.807, 2.05) is 89.2 Å². The molecule has 0 unspecified atom stereocenters. The highest BCUT2D eigenvalue weighted by atomic mass is 32.2. The van der Waals surface area contributed by atoms with Crippen molar-refractivity contribution in [3.8, 4) is 0 Å². The normalized spacial score (nSPS) is 15.1. The third-order valence-electron chi connectivity index (χ3n) is 4.10. The molecule has 0 aliphatic carbocycles. The van der Waals surface area contributed by atoms with Crippen molar-refractivity contribution in [1.82, 2.24) is 4.72 Å². The predicted octanol–water partition coefficient (Wildman–Crippen LogP) is 4.29. The Kier molecular flexibility index (Phi) is 6.37. The number of benzene rings is 2. The average molecular weight is 373 g/mol. The Bertz CT molecular complexity index is 784. The summed E-state index contributed by atoms with van der Waals surface area (Å²) in [6.07, 6.45) is 0.173. The Morgan fingerprint density at radius 3 is 2.23 bits per heavy atom. The van der Waals surface area contributed by atoms with E-state index in [2.05, 4.69) is 10.0 Å². The highest BCUT2D eigenvalue weighted by Gasteiger charge is 2.34. The van der Waals surface area contributed by atoms with Crippen LogP contribution in [-0.4, -0.2) is 14.9 Å². The summed E-state index contributed by atoms with van der Waals surface area (Å²) in [7, 11) is -1.30. The molecule has 140 valence electrons. The van der Waals surface area contributed by atoms with Crippen molar-refractivity contribution in [3.05, 3.63) is 65.7 Å². The molecule has 0 radical (unpaired) electrons. The summed E-state index contributed by atoms with van der Waals surface area (Å²) in [6, 6.07) is 17.4.